The quantitative estimate of drug-likeness (QED) is 0.840. The monoisotopic (exact) mass is 247 g/mol. The van der Waals surface area contributed by atoms with Crippen molar-refractivity contribution in [2.75, 3.05) is 4.90 Å². The molecule has 2 heterocycles. The van der Waals surface area contributed by atoms with Gasteiger partial charge >= 0.3 is 0 Å². The van der Waals surface area contributed by atoms with Crippen LogP contribution in [0, 0.1) is 0 Å². The van der Waals surface area contributed by atoms with Crippen LogP contribution in [0.15, 0.2) is 18.2 Å². The fourth-order valence-corrected chi connectivity index (χ4v) is 2.43. The molecule has 1 aliphatic heterocycles. The lowest BCUT2D eigenvalue weighted by Gasteiger charge is -2.12. The first-order valence-electron chi connectivity index (χ1n) is 5.09. The molecule has 1 aromatic carbocycles. The molecule has 0 bridgehead atoms. The molecule has 1 aromatic heterocycles. The average Bonchev–Trinajstić information content (AvgIpc) is 2.93. The van der Waals surface area contributed by atoms with Crippen molar-refractivity contribution >= 4 is 28.3 Å². The maximum atomic E-state index is 11.9. The molecule has 86 valence electrons. The van der Waals surface area contributed by atoms with E-state index in [1.54, 1.807) is 4.90 Å². The summed E-state index contributed by atoms with van der Waals surface area (Å²) in [4.78, 5) is 13.5. The van der Waals surface area contributed by atoms with E-state index in [1.165, 1.54) is 0 Å². The zero-order valence-corrected chi connectivity index (χ0v) is 9.65. The van der Waals surface area contributed by atoms with Crippen LogP contribution >= 0.6 is 11.5 Å². The zero-order valence-electron chi connectivity index (χ0n) is 8.83. The minimum absolute atomic E-state index is 0.00674. The number of carbonyl (C=O) groups is 1. The van der Waals surface area contributed by atoms with Crippen LogP contribution < -0.4 is 10.6 Å². The maximum absolute atomic E-state index is 11.9. The molecule has 0 radical (unpaired) electrons. The predicted octanol–water partition coefficient (Wildman–Crippen LogP) is 0.613. The van der Waals surface area contributed by atoms with Gasteiger partial charge in [-0.1, -0.05) is 21.7 Å². The van der Waals surface area contributed by atoms with Gasteiger partial charge in [0.05, 0.1) is 12.1 Å². The van der Waals surface area contributed by atoms with Crippen molar-refractivity contribution in [2.45, 2.75) is 13.0 Å². The summed E-state index contributed by atoms with van der Waals surface area (Å²) in [5.41, 5.74) is 8.43. The van der Waals surface area contributed by atoms with Gasteiger partial charge in [-0.25, -0.2) is 0 Å². The van der Waals surface area contributed by atoms with Gasteiger partial charge in [0.15, 0.2) is 0 Å². The van der Waals surface area contributed by atoms with Crippen LogP contribution in [-0.2, 0) is 17.8 Å². The number of benzene rings is 1. The zero-order chi connectivity index (χ0) is 11.8. The molecule has 0 aliphatic carbocycles. The van der Waals surface area contributed by atoms with Crippen molar-refractivity contribution in [3.05, 3.63) is 29.3 Å². The lowest BCUT2D eigenvalue weighted by Crippen LogP contribution is -2.20. The maximum Gasteiger partial charge on any atom is 0.239 e. The Morgan fingerprint density at radius 2 is 2.35 bits per heavy atom. The molecular weight excluding hydrogens is 238 g/mol. The Labute approximate surface area is 101 Å². The van der Waals surface area contributed by atoms with Gasteiger partial charge in [0.25, 0.3) is 0 Å². The van der Waals surface area contributed by atoms with Crippen LogP contribution in [0.5, 0.6) is 0 Å². The summed E-state index contributed by atoms with van der Waals surface area (Å²) in [6, 6.07) is 5.77. The molecule has 1 amide bonds. The van der Waals surface area contributed by atoms with E-state index in [9.17, 15) is 4.79 Å². The normalized spacial score (nSPS) is 14.2. The molecule has 0 atom stereocenters. The second-order valence-electron chi connectivity index (χ2n) is 3.72. The number of aromatic nitrogens is 3. The second-order valence-corrected chi connectivity index (χ2v) is 4.43. The summed E-state index contributed by atoms with van der Waals surface area (Å²) in [6.07, 6.45) is 0.378. The van der Waals surface area contributed by atoms with Gasteiger partial charge < -0.3 is 5.73 Å². The topological polar surface area (TPSA) is 85.0 Å². The first kappa shape index (κ1) is 10.3. The van der Waals surface area contributed by atoms with Crippen LogP contribution in [-0.4, -0.2) is 20.7 Å². The molecule has 0 saturated carbocycles. The van der Waals surface area contributed by atoms with Gasteiger partial charge in [-0.15, -0.1) is 0 Å². The minimum atomic E-state index is -0.00674. The van der Waals surface area contributed by atoms with E-state index in [4.69, 9.17) is 5.73 Å². The molecule has 1 aliphatic rings. The average molecular weight is 247 g/mol. The Morgan fingerprint density at radius 1 is 1.47 bits per heavy atom. The van der Waals surface area contributed by atoms with Gasteiger partial charge in [-0.3, -0.25) is 9.69 Å². The SMILES string of the molecule is NCc1ccc2c(c1)CC(=O)N2c1nnns1. The van der Waals surface area contributed by atoms with Gasteiger partial charge in [0, 0.05) is 18.1 Å². The van der Waals surface area contributed by atoms with Crippen molar-refractivity contribution in [2.24, 2.45) is 5.73 Å². The number of amides is 1. The van der Waals surface area contributed by atoms with Gasteiger partial charge in [0.2, 0.25) is 11.0 Å². The Kier molecular flexibility index (Phi) is 2.34. The minimum Gasteiger partial charge on any atom is -0.326 e. The molecule has 3 rings (SSSR count). The highest BCUT2D eigenvalue weighted by atomic mass is 32.1. The van der Waals surface area contributed by atoms with Gasteiger partial charge in [-0.05, 0) is 22.4 Å². The number of nitrogens with two attached hydrogens (primary N) is 1. The number of hydrogen-bond donors (Lipinski definition) is 1. The smallest absolute Gasteiger partial charge is 0.239 e. The summed E-state index contributed by atoms with van der Waals surface area (Å²) < 4.78 is 3.67. The highest BCUT2D eigenvalue weighted by molar-refractivity contribution is 7.09. The van der Waals surface area contributed by atoms with Crippen molar-refractivity contribution in [3.8, 4) is 0 Å². The number of fused-ring (bicyclic) bond motifs is 1. The number of nitrogens with zero attached hydrogens (tertiary/aromatic N) is 4. The van der Waals surface area contributed by atoms with Gasteiger partial charge in [0.1, 0.15) is 0 Å². The standard InChI is InChI=1S/C10H9N5OS/c11-5-6-1-2-8-7(3-6)4-9(16)15(8)10-12-13-14-17-10/h1-3H,4-5,11H2. The van der Waals surface area contributed by atoms with Crippen LogP contribution in [0.4, 0.5) is 10.8 Å². The lowest BCUT2D eigenvalue weighted by atomic mass is 10.1. The van der Waals surface area contributed by atoms with Crippen molar-refractivity contribution < 1.29 is 4.79 Å². The second kappa shape index (κ2) is 3.86. The van der Waals surface area contributed by atoms with E-state index < -0.39 is 0 Å². The lowest BCUT2D eigenvalue weighted by molar-refractivity contribution is -0.116. The van der Waals surface area contributed by atoms with E-state index in [0.29, 0.717) is 18.1 Å². The number of rotatable bonds is 2. The molecule has 0 saturated heterocycles. The van der Waals surface area contributed by atoms with Crippen molar-refractivity contribution in [3.63, 3.8) is 0 Å². The van der Waals surface area contributed by atoms with E-state index in [2.05, 4.69) is 14.8 Å². The van der Waals surface area contributed by atoms with E-state index in [-0.39, 0.29) is 5.91 Å². The molecule has 0 spiro atoms. The highest BCUT2D eigenvalue weighted by Crippen LogP contribution is 2.35. The largest absolute Gasteiger partial charge is 0.326 e. The molecule has 0 fully saturated rings. The number of anilines is 2. The van der Waals surface area contributed by atoms with Crippen LogP contribution in [0.2, 0.25) is 0 Å². The third kappa shape index (κ3) is 1.60. The van der Waals surface area contributed by atoms with E-state index in [0.717, 1.165) is 28.3 Å². The van der Waals surface area contributed by atoms with Gasteiger partial charge in [-0.2, -0.15) is 0 Å². The van der Waals surface area contributed by atoms with Crippen LogP contribution in [0.1, 0.15) is 11.1 Å². The Balaban J connectivity index is 2.08. The molecule has 6 nitrogen and oxygen atoms in total. The number of hydrogen-bond acceptors (Lipinski definition) is 6. The Morgan fingerprint density at radius 3 is 3.06 bits per heavy atom. The van der Waals surface area contributed by atoms with Crippen molar-refractivity contribution in [1.82, 2.24) is 14.8 Å². The summed E-state index contributed by atoms with van der Waals surface area (Å²) >= 11 is 1.11. The third-order valence-corrected chi connectivity index (χ3v) is 3.27. The Bertz CT molecular complexity index is 568. The fraction of sp³-hybridized carbons (Fsp3) is 0.200. The Hall–Kier alpha value is -1.86. The molecule has 2 aromatic rings. The summed E-state index contributed by atoms with van der Waals surface area (Å²) in [5, 5.41) is 7.85. The molecule has 7 heteroatoms. The summed E-state index contributed by atoms with van der Waals surface area (Å²) in [5.74, 6) is -0.00674. The first-order chi connectivity index (χ1) is 8.29. The summed E-state index contributed by atoms with van der Waals surface area (Å²) in [7, 11) is 0. The molecule has 0 unspecified atom stereocenters. The third-order valence-electron chi connectivity index (χ3n) is 2.69. The fourth-order valence-electron chi connectivity index (χ4n) is 1.93. The first-order valence-corrected chi connectivity index (χ1v) is 5.87. The molecule has 17 heavy (non-hydrogen) atoms. The highest BCUT2D eigenvalue weighted by Gasteiger charge is 2.30. The van der Waals surface area contributed by atoms with Crippen LogP contribution in [0.25, 0.3) is 0 Å². The van der Waals surface area contributed by atoms with Crippen LogP contribution in [0.3, 0.4) is 0 Å². The predicted molar refractivity (Wildman–Crippen MR) is 62.9 cm³/mol. The summed E-state index contributed by atoms with van der Waals surface area (Å²) in [6.45, 7) is 0.474. The van der Waals surface area contributed by atoms with E-state index >= 15 is 0 Å². The number of carbonyl (C=O) groups excluding carboxylic acids is 1. The van der Waals surface area contributed by atoms with Crippen molar-refractivity contribution in [1.29, 1.82) is 0 Å². The van der Waals surface area contributed by atoms with E-state index in [1.807, 2.05) is 18.2 Å². The molecule has 2 N–H and O–H groups in total. The molecular formula is C10H9N5OS.